The number of fused-ring (bicyclic) bond motifs is 1. The molecule has 0 fully saturated rings. The number of phenolic OH excluding ortho intramolecular Hbond substituents is 1. The van der Waals surface area contributed by atoms with E-state index in [0.29, 0.717) is 6.42 Å². The highest BCUT2D eigenvalue weighted by atomic mass is 16.3. The van der Waals surface area contributed by atoms with E-state index in [9.17, 15) is 5.11 Å². The van der Waals surface area contributed by atoms with Crippen LogP contribution in [0.1, 0.15) is 30.2 Å². The molecular formula is C18H19NO3. The molecule has 0 spiro atoms. The first kappa shape index (κ1) is 14.5. The SMILES string of the molecule is CCC(N)Cc1c(/C=C/c2ccoc2)oc2ccc(O)cc12. The molecule has 3 N–H and O–H groups in total. The topological polar surface area (TPSA) is 72.5 Å². The Morgan fingerprint density at radius 2 is 2.14 bits per heavy atom. The average molecular weight is 297 g/mol. The maximum absolute atomic E-state index is 9.73. The number of hydrogen-bond acceptors (Lipinski definition) is 4. The lowest BCUT2D eigenvalue weighted by Gasteiger charge is -2.08. The minimum atomic E-state index is 0.0595. The van der Waals surface area contributed by atoms with Crippen molar-refractivity contribution in [2.75, 3.05) is 0 Å². The maximum Gasteiger partial charge on any atom is 0.135 e. The van der Waals surface area contributed by atoms with Gasteiger partial charge in [0.05, 0.1) is 12.5 Å². The van der Waals surface area contributed by atoms with Crippen LogP contribution in [0, 0.1) is 0 Å². The highest BCUT2D eigenvalue weighted by molar-refractivity contribution is 5.87. The third-order valence-electron chi connectivity index (χ3n) is 3.77. The van der Waals surface area contributed by atoms with E-state index in [0.717, 1.165) is 34.3 Å². The van der Waals surface area contributed by atoms with Gasteiger partial charge in [-0.05, 0) is 49.3 Å². The van der Waals surface area contributed by atoms with E-state index in [1.807, 2.05) is 18.2 Å². The smallest absolute Gasteiger partial charge is 0.135 e. The molecule has 114 valence electrons. The number of benzene rings is 1. The molecule has 1 aromatic carbocycles. The molecule has 1 unspecified atom stereocenters. The fourth-order valence-corrected chi connectivity index (χ4v) is 2.45. The standard InChI is InChI=1S/C18H19NO3/c1-2-13(19)9-15-16-10-14(20)4-6-18(16)22-17(15)5-3-12-7-8-21-11-12/h3-8,10-11,13,20H,2,9,19H2,1H3/b5-3+. The van der Waals surface area contributed by atoms with Gasteiger partial charge in [0, 0.05) is 22.6 Å². The van der Waals surface area contributed by atoms with E-state index in [1.54, 1.807) is 30.7 Å². The third-order valence-corrected chi connectivity index (χ3v) is 3.77. The van der Waals surface area contributed by atoms with Crippen molar-refractivity contribution in [2.24, 2.45) is 5.73 Å². The first-order chi connectivity index (χ1) is 10.7. The lowest BCUT2D eigenvalue weighted by atomic mass is 10.0. The zero-order valence-electron chi connectivity index (χ0n) is 12.5. The van der Waals surface area contributed by atoms with E-state index in [4.69, 9.17) is 14.6 Å². The monoisotopic (exact) mass is 297 g/mol. The Morgan fingerprint density at radius 1 is 1.27 bits per heavy atom. The van der Waals surface area contributed by atoms with Crippen molar-refractivity contribution in [1.29, 1.82) is 0 Å². The fraction of sp³-hybridized carbons (Fsp3) is 0.222. The van der Waals surface area contributed by atoms with Gasteiger partial charge in [-0.1, -0.05) is 6.92 Å². The number of hydrogen-bond donors (Lipinski definition) is 2. The van der Waals surface area contributed by atoms with Crippen molar-refractivity contribution in [3.63, 3.8) is 0 Å². The second-order valence-electron chi connectivity index (χ2n) is 5.39. The molecular weight excluding hydrogens is 278 g/mol. The summed E-state index contributed by atoms with van der Waals surface area (Å²) >= 11 is 0. The molecule has 0 saturated heterocycles. The van der Waals surface area contributed by atoms with Crippen molar-refractivity contribution >= 4 is 23.1 Å². The molecule has 1 atom stereocenters. The molecule has 3 aromatic rings. The largest absolute Gasteiger partial charge is 0.508 e. The van der Waals surface area contributed by atoms with Gasteiger partial charge >= 0.3 is 0 Å². The van der Waals surface area contributed by atoms with E-state index in [2.05, 4.69) is 6.92 Å². The number of furan rings is 2. The van der Waals surface area contributed by atoms with Crippen molar-refractivity contribution in [1.82, 2.24) is 0 Å². The normalized spacial score (nSPS) is 13.2. The predicted molar refractivity (Wildman–Crippen MR) is 87.5 cm³/mol. The number of aromatic hydroxyl groups is 1. The summed E-state index contributed by atoms with van der Waals surface area (Å²) in [6.45, 7) is 2.06. The number of rotatable bonds is 5. The Hall–Kier alpha value is -2.46. The minimum Gasteiger partial charge on any atom is -0.508 e. The zero-order chi connectivity index (χ0) is 15.5. The highest BCUT2D eigenvalue weighted by Gasteiger charge is 2.15. The van der Waals surface area contributed by atoms with Gasteiger partial charge < -0.3 is 19.7 Å². The summed E-state index contributed by atoms with van der Waals surface area (Å²) in [5.74, 6) is 0.996. The molecule has 0 aliphatic rings. The highest BCUT2D eigenvalue weighted by Crippen LogP contribution is 2.31. The van der Waals surface area contributed by atoms with Gasteiger partial charge in [-0.2, -0.15) is 0 Å². The zero-order valence-corrected chi connectivity index (χ0v) is 12.5. The molecule has 0 bridgehead atoms. The van der Waals surface area contributed by atoms with Crippen molar-refractivity contribution in [3.05, 3.63) is 53.7 Å². The second kappa shape index (κ2) is 6.12. The van der Waals surface area contributed by atoms with Gasteiger partial charge in [-0.15, -0.1) is 0 Å². The van der Waals surface area contributed by atoms with E-state index in [1.165, 1.54) is 0 Å². The molecule has 0 aliphatic carbocycles. The maximum atomic E-state index is 9.73. The molecule has 0 aliphatic heterocycles. The minimum absolute atomic E-state index is 0.0595. The molecule has 4 heteroatoms. The van der Waals surface area contributed by atoms with Crippen LogP contribution in [0.25, 0.3) is 23.1 Å². The van der Waals surface area contributed by atoms with Crippen LogP contribution in [-0.4, -0.2) is 11.1 Å². The summed E-state index contributed by atoms with van der Waals surface area (Å²) < 4.78 is 11.0. The van der Waals surface area contributed by atoms with Crippen LogP contribution in [-0.2, 0) is 6.42 Å². The average Bonchev–Trinajstić information content (AvgIpc) is 3.13. The van der Waals surface area contributed by atoms with Crippen molar-refractivity contribution < 1.29 is 13.9 Å². The predicted octanol–water partition coefficient (Wildman–Crippen LogP) is 4.18. The Labute approximate surface area is 128 Å². The van der Waals surface area contributed by atoms with Crippen molar-refractivity contribution in [2.45, 2.75) is 25.8 Å². The van der Waals surface area contributed by atoms with Gasteiger partial charge in [0.1, 0.15) is 17.1 Å². The van der Waals surface area contributed by atoms with Crippen molar-refractivity contribution in [3.8, 4) is 5.75 Å². The van der Waals surface area contributed by atoms with Crippen LogP contribution in [0.5, 0.6) is 5.75 Å². The lowest BCUT2D eigenvalue weighted by Crippen LogP contribution is -2.21. The molecule has 0 amide bonds. The van der Waals surface area contributed by atoms with Crippen LogP contribution in [0.15, 0.2) is 45.6 Å². The van der Waals surface area contributed by atoms with Gasteiger partial charge in [-0.25, -0.2) is 0 Å². The first-order valence-electron chi connectivity index (χ1n) is 7.37. The second-order valence-corrected chi connectivity index (χ2v) is 5.39. The Balaban J connectivity index is 2.05. The van der Waals surface area contributed by atoms with Crippen LogP contribution in [0.4, 0.5) is 0 Å². The molecule has 3 rings (SSSR count). The fourth-order valence-electron chi connectivity index (χ4n) is 2.45. The van der Waals surface area contributed by atoms with Gasteiger partial charge in [0.25, 0.3) is 0 Å². The van der Waals surface area contributed by atoms with Crippen LogP contribution < -0.4 is 5.73 Å². The quantitative estimate of drug-likeness (QED) is 0.741. The molecule has 2 aromatic heterocycles. The molecule has 0 radical (unpaired) electrons. The van der Waals surface area contributed by atoms with Gasteiger partial charge in [-0.3, -0.25) is 0 Å². The van der Waals surface area contributed by atoms with Gasteiger partial charge in [0.2, 0.25) is 0 Å². The summed E-state index contributed by atoms with van der Waals surface area (Å²) in [4.78, 5) is 0. The Kier molecular flexibility index (Phi) is 4.02. The summed E-state index contributed by atoms with van der Waals surface area (Å²) in [7, 11) is 0. The number of phenols is 1. The van der Waals surface area contributed by atoms with Crippen LogP contribution in [0.3, 0.4) is 0 Å². The van der Waals surface area contributed by atoms with E-state index >= 15 is 0 Å². The van der Waals surface area contributed by atoms with Gasteiger partial charge in [0.15, 0.2) is 0 Å². The van der Waals surface area contributed by atoms with E-state index in [-0.39, 0.29) is 11.8 Å². The van der Waals surface area contributed by atoms with E-state index < -0.39 is 0 Å². The first-order valence-corrected chi connectivity index (χ1v) is 7.37. The summed E-state index contributed by atoms with van der Waals surface area (Å²) in [5, 5.41) is 10.6. The lowest BCUT2D eigenvalue weighted by molar-refractivity contribution is 0.476. The Bertz CT molecular complexity index is 784. The van der Waals surface area contributed by atoms with Crippen LogP contribution >= 0.6 is 0 Å². The third kappa shape index (κ3) is 2.92. The molecule has 4 nitrogen and oxygen atoms in total. The summed E-state index contributed by atoms with van der Waals surface area (Å²) in [5.41, 5.74) is 8.86. The Morgan fingerprint density at radius 3 is 2.86 bits per heavy atom. The molecule has 22 heavy (non-hydrogen) atoms. The summed E-state index contributed by atoms with van der Waals surface area (Å²) in [6, 6.07) is 7.07. The molecule has 2 heterocycles. The number of nitrogens with two attached hydrogens (primary N) is 1. The summed E-state index contributed by atoms with van der Waals surface area (Å²) in [6.07, 6.45) is 8.74. The molecule has 0 saturated carbocycles. The van der Waals surface area contributed by atoms with Crippen LogP contribution in [0.2, 0.25) is 0 Å².